The molecule has 0 fully saturated rings. The van der Waals surface area contributed by atoms with E-state index in [1.165, 1.54) is 18.5 Å². The van der Waals surface area contributed by atoms with E-state index >= 15 is 0 Å². The molecule has 7 heteroatoms. The maximum absolute atomic E-state index is 11.4. The Kier molecular flexibility index (Phi) is 2.76. The van der Waals surface area contributed by atoms with E-state index in [9.17, 15) is 8.42 Å². The van der Waals surface area contributed by atoms with Crippen LogP contribution in [-0.4, -0.2) is 29.6 Å². The molecule has 0 aliphatic heterocycles. The third kappa shape index (κ3) is 2.56. The van der Waals surface area contributed by atoms with Crippen molar-refractivity contribution in [2.45, 2.75) is 4.90 Å². The average molecular weight is 250 g/mol. The standard InChI is InChI=1S/C10H10N4O2S/c1-17(15,16)8-4-2-3-7(5-8)9-12-6-13-10(11)14-9/h2-6H,1H3,(H2,11,12,13,14). The zero-order valence-electron chi connectivity index (χ0n) is 9.03. The number of anilines is 1. The Bertz CT molecular complexity index is 655. The summed E-state index contributed by atoms with van der Waals surface area (Å²) in [5.74, 6) is 0.447. The first-order valence-electron chi connectivity index (χ1n) is 4.72. The molecule has 0 spiro atoms. The molecule has 0 saturated carbocycles. The Morgan fingerprint density at radius 1 is 1.24 bits per heavy atom. The Morgan fingerprint density at radius 3 is 2.65 bits per heavy atom. The number of hydrogen-bond donors (Lipinski definition) is 1. The van der Waals surface area contributed by atoms with Crippen molar-refractivity contribution in [3.8, 4) is 11.4 Å². The molecule has 17 heavy (non-hydrogen) atoms. The van der Waals surface area contributed by atoms with Gasteiger partial charge in [0, 0.05) is 11.8 Å². The van der Waals surface area contributed by atoms with Gasteiger partial charge in [0.1, 0.15) is 6.33 Å². The predicted octanol–water partition coefficient (Wildman–Crippen LogP) is 0.524. The molecule has 1 heterocycles. The van der Waals surface area contributed by atoms with Crippen LogP contribution in [0.4, 0.5) is 5.95 Å². The molecule has 0 amide bonds. The fourth-order valence-electron chi connectivity index (χ4n) is 1.31. The molecule has 0 saturated heterocycles. The number of aromatic nitrogens is 3. The van der Waals surface area contributed by atoms with Gasteiger partial charge in [-0.1, -0.05) is 12.1 Å². The molecule has 0 radical (unpaired) electrons. The molecule has 1 aromatic heterocycles. The highest BCUT2D eigenvalue weighted by Crippen LogP contribution is 2.19. The third-order valence-electron chi connectivity index (χ3n) is 2.11. The van der Waals surface area contributed by atoms with Gasteiger partial charge >= 0.3 is 0 Å². The van der Waals surface area contributed by atoms with E-state index in [0.29, 0.717) is 11.4 Å². The molecule has 0 aliphatic rings. The minimum Gasteiger partial charge on any atom is -0.368 e. The molecular formula is C10H10N4O2S. The highest BCUT2D eigenvalue weighted by molar-refractivity contribution is 7.90. The topological polar surface area (TPSA) is 98.8 Å². The lowest BCUT2D eigenvalue weighted by Gasteiger charge is -2.02. The van der Waals surface area contributed by atoms with Crippen molar-refractivity contribution in [3.05, 3.63) is 30.6 Å². The lowest BCUT2D eigenvalue weighted by atomic mass is 10.2. The van der Waals surface area contributed by atoms with Crippen molar-refractivity contribution >= 4 is 15.8 Å². The van der Waals surface area contributed by atoms with Gasteiger partial charge < -0.3 is 5.73 Å². The number of hydrogen-bond acceptors (Lipinski definition) is 6. The zero-order valence-corrected chi connectivity index (χ0v) is 9.85. The summed E-state index contributed by atoms with van der Waals surface area (Å²) >= 11 is 0. The van der Waals surface area contributed by atoms with Crippen LogP contribution < -0.4 is 5.73 Å². The van der Waals surface area contributed by atoms with Gasteiger partial charge in [-0.3, -0.25) is 0 Å². The van der Waals surface area contributed by atoms with Crippen molar-refractivity contribution in [2.24, 2.45) is 0 Å². The second-order valence-electron chi connectivity index (χ2n) is 3.47. The second-order valence-corrected chi connectivity index (χ2v) is 5.48. The van der Waals surface area contributed by atoms with Crippen LogP contribution in [0.1, 0.15) is 0 Å². The van der Waals surface area contributed by atoms with Crippen LogP contribution in [0.3, 0.4) is 0 Å². The van der Waals surface area contributed by atoms with Crippen molar-refractivity contribution in [2.75, 3.05) is 12.0 Å². The summed E-state index contributed by atoms with van der Waals surface area (Å²) in [4.78, 5) is 11.8. The van der Waals surface area contributed by atoms with Gasteiger partial charge in [0.05, 0.1) is 4.90 Å². The SMILES string of the molecule is CS(=O)(=O)c1cccc(-c2ncnc(N)n2)c1. The molecule has 0 bridgehead atoms. The van der Waals surface area contributed by atoms with Gasteiger partial charge in [-0.25, -0.2) is 18.4 Å². The lowest BCUT2D eigenvalue weighted by Crippen LogP contribution is -2.00. The maximum atomic E-state index is 11.4. The second kappa shape index (κ2) is 4.10. The number of nitrogen functional groups attached to an aromatic ring is 1. The first kappa shape index (κ1) is 11.5. The predicted molar refractivity (Wildman–Crippen MR) is 62.8 cm³/mol. The molecule has 0 aliphatic carbocycles. The van der Waals surface area contributed by atoms with Crippen LogP contribution in [0, 0.1) is 0 Å². The van der Waals surface area contributed by atoms with Crippen molar-refractivity contribution in [1.82, 2.24) is 15.0 Å². The molecular weight excluding hydrogens is 240 g/mol. The van der Waals surface area contributed by atoms with Crippen molar-refractivity contribution in [3.63, 3.8) is 0 Å². The van der Waals surface area contributed by atoms with E-state index in [4.69, 9.17) is 5.73 Å². The Morgan fingerprint density at radius 2 is 2.00 bits per heavy atom. The fourth-order valence-corrected chi connectivity index (χ4v) is 1.98. The van der Waals surface area contributed by atoms with E-state index in [2.05, 4.69) is 15.0 Å². The summed E-state index contributed by atoms with van der Waals surface area (Å²) in [7, 11) is -3.25. The number of benzene rings is 1. The van der Waals surface area contributed by atoms with Gasteiger partial charge in [0.15, 0.2) is 15.7 Å². The first-order valence-corrected chi connectivity index (χ1v) is 6.61. The van der Waals surface area contributed by atoms with Gasteiger partial charge in [-0.15, -0.1) is 0 Å². The number of nitrogens with zero attached hydrogens (tertiary/aromatic N) is 3. The molecule has 2 rings (SSSR count). The largest absolute Gasteiger partial charge is 0.368 e. The molecule has 6 nitrogen and oxygen atoms in total. The molecule has 2 aromatic rings. The van der Waals surface area contributed by atoms with Crippen molar-refractivity contribution < 1.29 is 8.42 Å². The smallest absolute Gasteiger partial charge is 0.223 e. The monoisotopic (exact) mass is 250 g/mol. The average Bonchev–Trinajstić information content (AvgIpc) is 2.28. The van der Waals surface area contributed by atoms with E-state index in [-0.39, 0.29) is 10.8 Å². The van der Waals surface area contributed by atoms with Gasteiger partial charge in [0.25, 0.3) is 0 Å². The van der Waals surface area contributed by atoms with Crippen LogP contribution in [-0.2, 0) is 9.84 Å². The molecule has 1 aromatic carbocycles. The van der Waals surface area contributed by atoms with Gasteiger partial charge in [0.2, 0.25) is 5.95 Å². The maximum Gasteiger partial charge on any atom is 0.223 e. The summed E-state index contributed by atoms with van der Waals surface area (Å²) in [5, 5.41) is 0. The molecule has 0 unspecified atom stereocenters. The van der Waals surface area contributed by atoms with Crippen LogP contribution >= 0.6 is 0 Å². The van der Waals surface area contributed by atoms with E-state index in [0.717, 1.165) is 6.26 Å². The zero-order chi connectivity index (χ0) is 12.5. The Hall–Kier alpha value is -2.02. The highest BCUT2D eigenvalue weighted by Gasteiger charge is 2.09. The Labute approximate surface area is 98.5 Å². The summed E-state index contributed by atoms with van der Waals surface area (Å²) in [6.07, 6.45) is 2.43. The first-order chi connectivity index (χ1) is 7.97. The molecule has 0 atom stereocenters. The number of rotatable bonds is 2. The molecule has 88 valence electrons. The molecule has 2 N–H and O–H groups in total. The lowest BCUT2D eigenvalue weighted by molar-refractivity contribution is 0.602. The van der Waals surface area contributed by atoms with Crippen LogP contribution in [0.15, 0.2) is 35.5 Å². The summed E-state index contributed by atoms with van der Waals surface area (Å²) in [5.41, 5.74) is 6.02. The van der Waals surface area contributed by atoms with Crippen LogP contribution in [0.2, 0.25) is 0 Å². The number of nitrogens with two attached hydrogens (primary N) is 1. The highest BCUT2D eigenvalue weighted by atomic mass is 32.2. The van der Waals surface area contributed by atoms with E-state index < -0.39 is 9.84 Å². The van der Waals surface area contributed by atoms with Crippen molar-refractivity contribution in [1.29, 1.82) is 0 Å². The minimum absolute atomic E-state index is 0.0970. The summed E-state index contributed by atoms with van der Waals surface area (Å²) in [6.45, 7) is 0. The van der Waals surface area contributed by atoms with Gasteiger partial charge in [-0.2, -0.15) is 4.98 Å². The van der Waals surface area contributed by atoms with E-state index in [1.54, 1.807) is 12.1 Å². The quantitative estimate of drug-likeness (QED) is 0.834. The van der Waals surface area contributed by atoms with Gasteiger partial charge in [-0.05, 0) is 12.1 Å². The van der Waals surface area contributed by atoms with E-state index in [1.807, 2.05) is 0 Å². The fraction of sp³-hybridized carbons (Fsp3) is 0.100. The minimum atomic E-state index is -3.25. The third-order valence-corrected chi connectivity index (χ3v) is 3.22. The Balaban J connectivity index is 2.54. The van der Waals surface area contributed by atoms with Crippen LogP contribution in [0.25, 0.3) is 11.4 Å². The normalized spacial score (nSPS) is 11.4. The summed E-state index contributed by atoms with van der Waals surface area (Å²) < 4.78 is 22.8. The van der Waals surface area contributed by atoms with Crippen LogP contribution in [0.5, 0.6) is 0 Å². The summed E-state index contributed by atoms with van der Waals surface area (Å²) in [6, 6.07) is 6.36. The number of sulfone groups is 1.